The van der Waals surface area contributed by atoms with E-state index >= 15 is 0 Å². The van der Waals surface area contributed by atoms with Gasteiger partial charge < -0.3 is 4.74 Å². The van der Waals surface area contributed by atoms with Crippen LogP contribution < -0.4 is 0 Å². The van der Waals surface area contributed by atoms with Gasteiger partial charge in [-0.3, -0.25) is 4.90 Å². The fourth-order valence-electron chi connectivity index (χ4n) is 3.71. The number of rotatable bonds is 6. The molecule has 0 bridgehead atoms. The summed E-state index contributed by atoms with van der Waals surface area (Å²) in [5, 5.41) is 0. The van der Waals surface area contributed by atoms with Crippen molar-refractivity contribution in [2.45, 2.75) is 71.4 Å². The second kappa shape index (κ2) is 8.31. The maximum absolute atomic E-state index is 5.55. The number of aryl methyl sites for hydroxylation is 1. The highest BCUT2D eigenvalue weighted by molar-refractivity contribution is 5.28. The first-order valence-electron chi connectivity index (χ1n) is 9.31. The highest BCUT2D eigenvalue weighted by Gasteiger charge is 2.30. The van der Waals surface area contributed by atoms with E-state index in [9.17, 15) is 0 Å². The van der Waals surface area contributed by atoms with Crippen LogP contribution in [0.3, 0.4) is 0 Å². The van der Waals surface area contributed by atoms with Gasteiger partial charge in [0.25, 0.3) is 0 Å². The Morgan fingerprint density at radius 2 is 1.79 bits per heavy atom. The standard InChI is InChI=1S/C22H35NO/c1-17(2)15-21(23(6)20-11-13-24-14-12-20)16-22(4,5)19-9-7-18(3)8-10-19/h7-10,15,20-21H,11-14,16H2,1-6H3. The van der Waals surface area contributed by atoms with E-state index in [-0.39, 0.29) is 5.41 Å². The van der Waals surface area contributed by atoms with Crippen LogP contribution in [0.15, 0.2) is 35.9 Å². The average Bonchev–Trinajstić information content (AvgIpc) is 2.54. The Kier molecular flexibility index (Phi) is 6.65. The van der Waals surface area contributed by atoms with Crippen LogP contribution in [-0.2, 0) is 10.2 Å². The van der Waals surface area contributed by atoms with Crippen LogP contribution in [-0.4, -0.2) is 37.2 Å². The zero-order chi connectivity index (χ0) is 17.7. The van der Waals surface area contributed by atoms with Gasteiger partial charge in [0.2, 0.25) is 0 Å². The van der Waals surface area contributed by atoms with Gasteiger partial charge in [-0.15, -0.1) is 0 Å². The Hall–Kier alpha value is -1.12. The zero-order valence-electron chi connectivity index (χ0n) is 16.4. The molecule has 2 rings (SSSR count). The Morgan fingerprint density at radius 1 is 1.21 bits per heavy atom. The third kappa shape index (κ3) is 5.19. The van der Waals surface area contributed by atoms with Crippen molar-refractivity contribution in [3.05, 3.63) is 47.0 Å². The van der Waals surface area contributed by atoms with Gasteiger partial charge in [-0.1, -0.05) is 55.3 Å². The van der Waals surface area contributed by atoms with Crippen molar-refractivity contribution in [2.24, 2.45) is 0 Å². The molecular formula is C22H35NO. The van der Waals surface area contributed by atoms with Crippen LogP contribution in [0.4, 0.5) is 0 Å². The van der Waals surface area contributed by atoms with Crippen molar-refractivity contribution >= 4 is 0 Å². The van der Waals surface area contributed by atoms with E-state index in [1.165, 1.54) is 16.7 Å². The molecule has 0 aliphatic carbocycles. The van der Waals surface area contributed by atoms with Crippen LogP contribution in [0.25, 0.3) is 0 Å². The van der Waals surface area contributed by atoms with Gasteiger partial charge in [-0.2, -0.15) is 0 Å². The molecular weight excluding hydrogens is 294 g/mol. The lowest BCUT2D eigenvalue weighted by Gasteiger charge is -2.40. The van der Waals surface area contributed by atoms with Crippen LogP contribution in [0.2, 0.25) is 0 Å². The molecule has 0 spiro atoms. The van der Waals surface area contributed by atoms with Crippen molar-refractivity contribution in [2.75, 3.05) is 20.3 Å². The topological polar surface area (TPSA) is 12.5 Å². The third-order valence-electron chi connectivity index (χ3n) is 5.37. The van der Waals surface area contributed by atoms with Crippen LogP contribution in [0.5, 0.6) is 0 Å². The molecule has 1 aromatic rings. The maximum Gasteiger partial charge on any atom is 0.0480 e. The number of hydrogen-bond acceptors (Lipinski definition) is 2. The SMILES string of the molecule is CC(C)=CC(CC(C)(C)c1ccc(C)cc1)N(C)C1CCOCC1. The fraction of sp³-hybridized carbons (Fsp3) is 0.636. The first kappa shape index (κ1) is 19.2. The lowest BCUT2D eigenvalue weighted by atomic mass is 9.78. The number of allylic oxidation sites excluding steroid dienone is 1. The summed E-state index contributed by atoms with van der Waals surface area (Å²) in [5.74, 6) is 0. The molecule has 1 unspecified atom stereocenters. The molecule has 1 fully saturated rings. The number of ether oxygens (including phenoxy) is 1. The minimum absolute atomic E-state index is 0.156. The second-order valence-corrected chi connectivity index (χ2v) is 8.27. The molecule has 0 aromatic heterocycles. The molecule has 2 nitrogen and oxygen atoms in total. The van der Waals surface area contributed by atoms with Gasteiger partial charge in [-0.05, 0) is 58.1 Å². The number of nitrogens with zero attached hydrogens (tertiary/aromatic N) is 1. The molecule has 24 heavy (non-hydrogen) atoms. The Balaban J connectivity index is 2.17. The zero-order valence-corrected chi connectivity index (χ0v) is 16.4. The lowest BCUT2D eigenvalue weighted by molar-refractivity contribution is 0.0313. The van der Waals surface area contributed by atoms with Gasteiger partial charge in [0.05, 0.1) is 0 Å². The van der Waals surface area contributed by atoms with Crippen molar-refractivity contribution in [1.82, 2.24) is 4.90 Å². The summed E-state index contributed by atoms with van der Waals surface area (Å²) in [6.07, 6.45) is 5.88. The second-order valence-electron chi connectivity index (χ2n) is 8.27. The smallest absolute Gasteiger partial charge is 0.0480 e. The lowest BCUT2D eigenvalue weighted by Crippen LogP contribution is -2.44. The molecule has 0 saturated carbocycles. The van der Waals surface area contributed by atoms with Gasteiger partial charge >= 0.3 is 0 Å². The van der Waals surface area contributed by atoms with E-state index < -0.39 is 0 Å². The minimum Gasteiger partial charge on any atom is -0.381 e. The summed E-state index contributed by atoms with van der Waals surface area (Å²) >= 11 is 0. The molecule has 0 radical (unpaired) electrons. The Morgan fingerprint density at radius 3 is 2.33 bits per heavy atom. The van der Waals surface area contributed by atoms with Crippen molar-refractivity contribution < 1.29 is 4.74 Å². The largest absolute Gasteiger partial charge is 0.381 e. The highest BCUT2D eigenvalue weighted by Crippen LogP contribution is 2.32. The molecule has 1 saturated heterocycles. The fourth-order valence-corrected chi connectivity index (χ4v) is 3.71. The van der Waals surface area contributed by atoms with Crippen LogP contribution in [0, 0.1) is 6.92 Å². The van der Waals surface area contributed by atoms with Crippen molar-refractivity contribution in [3.63, 3.8) is 0 Å². The molecule has 1 atom stereocenters. The summed E-state index contributed by atoms with van der Waals surface area (Å²) in [4.78, 5) is 2.59. The normalized spacial score (nSPS) is 17.8. The molecule has 0 amide bonds. The Labute approximate surface area is 148 Å². The summed E-state index contributed by atoms with van der Waals surface area (Å²) in [6.45, 7) is 13.1. The predicted molar refractivity (Wildman–Crippen MR) is 104 cm³/mol. The molecule has 1 heterocycles. The quantitative estimate of drug-likeness (QED) is 0.673. The van der Waals surface area contributed by atoms with E-state index in [4.69, 9.17) is 4.74 Å². The minimum atomic E-state index is 0.156. The van der Waals surface area contributed by atoms with E-state index in [0.29, 0.717) is 12.1 Å². The summed E-state index contributed by atoms with van der Waals surface area (Å²) in [7, 11) is 2.30. The molecule has 1 aliphatic rings. The van der Waals surface area contributed by atoms with E-state index in [1.807, 2.05) is 0 Å². The average molecular weight is 330 g/mol. The van der Waals surface area contributed by atoms with Gasteiger partial charge in [0.1, 0.15) is 0 Å². The van der Waals surface area contributed by atoms with E-state index in [0.717, 1.165) is 32.5 Å². The number of likely N-dealkylation sites (N-methyl/N-ethyl adjacent to an activating group) is 1. The first-order valence-corrected chi connectivity index (χ1v) is 9.31. The highest BCUT2D eigenvalue weighted by atomic mass is 16.5. The molecule has 1 aliphatic heterocycles. The molecule has 1 aromatic carbocycles. The third-order valence-corrected chi connectivity index (χ3v) is 5.37. The van der Waals surface area contributed by atoms with Crippen LogP contribution >= 0.6 is 0 Å². The molecule has 0 N–H and O–H groups in total. The first-order chi connectivity index (χ1) is 11.3. The maximum atomic E-state index is 5.55. The number of hydrogen-bond donors (Lipinski definition) is 0. The summed E-state index contributed by atoms with van der Waals surface area (Å²) < 4.78 is 5.55. The van der Waals surface area contributed by atoms with E-state index in [2.05, 4.69) is 76.9 Å². The predicted octanol–water partition coefficient (Wildman–Crippen LogP) is 5.11. The number of benzene rings is 1. The summed E-state index contributed by atoms with van der Waals surface area (Å²) in [5.41, 5.74) is 4.32. The summed E-state index contributed by atoms with van der Waals surface area (Å²) in [6, 6.07) is 10.2. The van der Waals surface area contributed by atoms with Crippen molar-refractivity contribution in [1.29, 1.82) is 0 Å². The van der Waals surface area contributed by atoms with Gasteiger partial charge in [0.15, 0.2) is 0 Å². The van der Waals surface area contributed by atoms with E-state index in [1.54, 1.807) is 0 Å². The Bertz CT molecular complexity index is 534. The monoisotopic (exact) mass is 329 g/mol. The van der Waals surface area contributed by atoms with Crippen molar-refractivity contribution in [3.8, 4) is 0 Å². The van der Waals surface area contributed by atoms with Gasteiger partial charge in [0, 0.05) is 25.3 Å². The molecule has 134 valence electrons. The van der Waals surface area contributed by atoms with Crippen LogP contribution in [0.1, 0.15) is 58.1 Å². The molecule has 2 heteroatoms. The van der Waals surface area contributed by atoms with Gasteiger partial charge in [-0.25, -0.2) is 0 Å².